The van der Waals surface area contributed by atoms with Crippen LogP contribution in [0.3, 0.4) is 0 Å². The van der Waals surface area contributed by atoms with Gasteiger partial charge in [-0.25, -0.2) is 0 Å². The molecule has 0 amide bonds. The highest BCUT2D eigenvalue weighted by Crippen LogP contribution is 2.28. The maximum absolute atomic E-state index is 9.22. The summed E-state index contributed by atoms with van der Waals surface area (Å²) in [6.45, 7) is 0.142. The lowest BCUT2D eigenvalue weighted by atomic mass is 10.2. The van der Waals surface area contributed by atoms with Gasteiger partial charge in [0.25, 0.3) is 0 Å². The van der Waals surface area contributed by atoms with Crippen LogP contribution in [0.1, 0.15) is 5.56 Å². The third-order valence-electron chi connectivity index (χ3n) is 1.92. The first-order chi connectivity index (χ1) is 7.19. The van der Waals surface area contributed by atoms with E-state index in [-0.39, 0.29) is 6.61 Å². The third kappa shape index (κ3) is 3.66. The average molecular weight is 248 g/mol. The van der Waals surface area contributed by atoms with Crippen LogP contribution in [0, 0.1) is 0 Å². The number of rotatable bonds is 5. The number of hydrogen-bond acceptors (Lipinski definition) is 4. The molecule has 1 unspecified atom stereocenters. The molecule has 0 saturated heterocycles. The van der Waals surface area contributed by atoms with E-state index in [0.717, 1.165) is 10.5 Å². The molecule has 5 heteroatoms. The second-order valence-electron chi connectivity index (χ2n) is 3.07. The molecule has 1 atom stereocenters. The summed E-state index contributed by atoms with van der Waals surface area (Å²) in [5.41, 5.74) is 6.46. The van der Waals surface area contributed by atoms with E-state index < -0.39 is 6.10 Å². The number of aliphatic hydroxyl groups is 2. The molecular weight excluding hydrogens is 234 g/mol. The van der Waals surface area contributed by atoms with E-state index in [4.69, 9.17) is 22.4 Å². The molecule has 0 aromatic heterocycles. The second-order valence-corrected chi connectivity index (χ2v) is 4.54. The summed E-state index contributed by atoms with van der Waals surface area (Å²) in [5.74, 6) is 0.434. The first-order valence-electron chi connectivity index (χ1n) is 4.58. The number of nitrogens with two attached hydrogens (primary N) is 1. The maximum atomic E-state index is 9.22. The van der Waals surface area contributed by atoms with Crippen molar-refractivity contribution in [1.29, 1.82) is 0 Å². The molecule has 3 nitrogen and oxygen atoms in total. The minimum atomic E-state index is -0.709. The average Bonchev–Trinajstić information content (AvgIpc) is 2.25. The van der Waals surface area contributed by atoms with Gasteiger partial charge >= 0.3 is 0 Å². The Morgan fingerprint density at radius 1 is 1.47 bits per heavy atom. The van der Waals surface area contributed by atoms with Crippen molar-refractivity contribution in [3.8, 4) is 0 Å². The zero-order valence-corrected chi connectivity index (χ0v) is 9.76. The van der Waals surface area contributed by atoms with Crippen LogP contribution in [0.15, 0.2) is 23.1 Å². The van der Waals surface area contributed by atoms with Gasteiger partial charge in [-0.1, -0.05) is 17.7 Å². The summed E-state index contributed by atoms with van der Waals surface area (Å²) in [6.07, 6.45) is -0.709. The molecule has 0 radical (unpaired) electrons. The lowest BCUT2D eigenvalue weighted by molar-refractivity contribution is 0.113. The molecule has 4 N–H and O–H groups in total. The van der Waals surface area contributed by atoms with E-state index in [0.29, 0.717) is 17.3 Å². The predicted octanol–water partition coefficient (Wildman–Crippen LogP) is 1.24. The number of thioether (sulfide) groups is 1. The van der Waals surface area contributed by atoms with Gasteiger partial charge in [0.05, 0.1) is 12.7 Å². The first-order valence-corrected chi connectivity index (χ1v) is 5.94. The number of benzene rings is 1. The van der Waals surface area contributed by atoms with Gasteiger partial charge < -0.3 is 15.9 Å². The third-order valence-corrected chi connectivity index (χ3v) is 3.52. The van der Waals surface area contributed by atoms with Crippen LogP contribution < -0.4 is 5.73 Å². The molecule has 0 bridgehead atoms. The molecule has 0 aliphatic rings. The SMILES string of the molecule is NCc1c(Cl)cccc1SCC(O)CO. The van der Waals surface area contributed by atoms with Gasteiger partial charge in [-0.2, -0.15) is 0 Å². The van der Waals surface area contributed by atoms with Gasteiger partial charge in [-0.15, -0.1) is 11.8 Å². The van der Waals surface area contributed by atoms with Crippen LogP contribution in [0.4, 0.5) is 0 Å². The van der Waals surface area contributed by atoms with Crippen molar-refractivity contribution in [2.24, 2.45) is 5.73 Å². The molecule has 0 spiro atoms. The van der Waals surface area contributed by atoms with Crippen LogP contribution in [0.25, 0.3) is 0 Å². The van der Waals surface area contributed by atoms with Crippen molar-refractivity contribution >= 4 is 23.4 Å². The minimum Gasteiger partial charge on any atom is -0.394 e. The Kier molecular flexibility index (Phi) is 5.42. The highest BCUT2D eigenvalue weighted by molar-refractivity contribution is 7.99. The van der Waals surface area contributed by atoms with Crippen LogP contribution in [-0.2, 0) is 6.54 Å². The summed E-state index contributed by atoms with van der Waals surface area (Å²) < 4.78 is 0. The Morgan fingerprint density at radius 2 is 2.20 bits per heavy atom. The fourth-order valence-corrected chi connectivity index (χ4v) is 2.44. The number of aliphatic hydroxyl groups excluding tert-OH is 2. The van der Waals surface area contributed by atoms with Crippen molar-refractivity contribution in [3.05, 3.63) is 28.8 Å². The topological polar surface area (TPSA) is 66.5 Å². The standard InChI is InChI=1S/C10H14ClNO2S/c11-9-2-1-3-10(8(9)4-12)15-6-7(14)5-13/h1-3,7,13-14H,4-6,12H2. The van der Waals surface area contributed by atoms with E-state index in [1.54, 1.807) is 6.07 Å². The van der Waals surface area contributed by atoms with Crippen molar-refractivity contribution in [2.75, 3.05) is 12.4 Å². The van der Waals surface area contributed by atoms with Crippen molar-refractivity contribution in [3.63, 3.8) is 0 Å². The van der Waals surface area contributed by atoms with Crippen molar-refractivity contribution < 1.29 is 10.2 Å². The fourth-order valence-electron chi connectivity index (χ4n) is 1.11. The van der Waals surface area contributed by atoms with Crippen LogP contribution >= 0.6 is 23.4 Å². The molecule has 0 aliphatic carbocycles. The summed E-state index contributed by atoms with van der Waals surface area (Å²) in [5, 5.41) is 18.5. The highest BCUT2D eigenvalue weighted by Gasteiger charge is 2.08. The smallest absolute Gasteiger partial charge is 0.0864 e. The van der Waals surface area contributed by atoms with Gasteiger partial charge in [-0.3, -0.25) is 0 Å². The first kappa shape index (κ1) is 12.8. The van der Waals surface area contributed by atoms with E-state index >= 15 is 0 Å². The quantitative estimate of drug-likeness (QED) is 0.685. The predicted molar refractivity (Wildman–Crippen MR) is 63.2 cm³/mol. The normalized spacial score (nSPS) is 12.8. The molecule has 0 fully saturated rings. The lowest BCUT2D eigenvalue weighted by Gasteiger charge is -2.11. The Bertz CT molecular complexity index is 322. The summed E-state index contributed by atoms with van der Waals surface area (Å²) in [7, 11) is 0. The maximum Gasteiger partial charge on any atom is 0.0864 e. The zero-order chi connectivity index (χ0) is 11.3. The van der Waals surface area contributed by atoms with Gasteiger partial charge in [0.15, 0.2) is 0 Å². The Balaban J connectivity index is 2.72. The van der Waals surface area contributed by atoms with Gasteiger partial charge in [0, 0.05) is 22.2 Å². The van der Waals surface area contributed by atoms with E-state index in [2.05, 4.69) is 0 Å². The van der Waals surface area contributed by atoms with Gasteiger partial charge in [-0.05, 0) is 17.7 Å². The van der Waals surface area contributed by atoms with Crippen molar-refractivity contribution in [2.45, 2.75) is 17.5 Å². The molecule has 0 aliphatic heterocycles. The molecule has 1 aromatic carbocycles. The Morgan fingerprint density at radius 3 is 2.80 bits per heavy atom. The van der Waals surface area contributed by atoms with Crippen LogP contribution in [-0.4, -0.2) is 28.7 Å². The molecule has 1 rings (SSSR count). The molecule has 84 valence electrons. The molecule has 15 heavy (non-hydrogen) atoms. The monoisotopic (exact) mass is 247 g/mol. The van der Waals surface area contributed by atoms with Gasteiger partial charge in [0.1, 0.15) is 0 Å². The van der Waals surface area contributed by atoms with Crippen molar-refractivity contribution in [1.82, 2.24) is 0 Å². The summed E-state index contributed by atoms with van der Waals surface area (Å²) in [4.78, 5) is 0.956. The fraction of sp³-hybridized carbons (Fsp3) is 0.400. The Hall–Kier alpha value is -0.260. The van der Waals surface area contributed by atoms with E-state index in [1.807, 2.05) is 12.1 Å². The van der Waals surface area contributed by atoms with Crippen LogP contribution in [0.5, 0.6) is 0 Å². The van der Waals surface area contributed by atoms with E-state index in [9.17, 15) is 5.11 Å². The zero-order valence-electron chi connectivity index (χ0n) is 8.19. The molecular formula is C10H14ClNO2S. The van der Waals surface area contributed by atoms with E-state index in [1.165, 1.54) is 11.8 Å². The Labute approximate surface area is 98.2 Å². The highest BCUT2D eigenvalue weighted by atomic mass is 35.5. The molecule has 0 heterocycles. The van der Waals surface area contributed by atoms with Gasteiger partial charge in [0.2, 0.25) is 0 Å². The number of halogens is 1. The summed E-state index contributed by atoms with van der Waals surface area (Å²) in [6, 6.07) is 5.54. The summed E-state index contributed by atoms with van der Waals surface area (Å²) >= 11 is 7.42. The van der Waals surface area contributed by atoms with Crippen LogP contribution in [0.2, 0.25) is 5.02 Å². The largest absolute Gasteiger partial charge is 0.394 e. The molecule has 0 saturated carbocycles. The molecule has 1 aromatic rings. The minimum absolute atomic E-state index is 0.231. The second kappa shape index (κ2) is 6.35. The number of hydrogen-bond donors (Lipinski definition) is 3. The lowest BCUT2D eigenvalue weighted by Crippen LogP contribution is -2.14.